The van der Waals surface area contributed by atoms with Crippen LogP contribution in [0.15, 0.2) is 0 Å². The van der Waals surface area contributed by atoms with Gasteiger partial charge in [-0.05, 0) is 0 Å². The van der Waals surface area contributed by atoms with Crippen molar-refractivity contribution in [2.75, 3.05) is 13.2 Å². The maximum absolute atomic E-state index is 10.7. The number of aliphatic hydroxyl groups excluding tert-OH is 1. The lowest BCUT2D eigenvalue weighted by molar-refractivity contribution is -0.381. The van der Waals surface area contributed by atoms with Crippen LogP contribution in [0, 0.1) is 0 Å². The molecular weight excluding hydrogens is 358 g/mol. The first-order chi connectivity index (χ1) is 9.53. The number of carbonyl (C=O) groups is 1. The predicted octanol–water partition coefficient (Wildman–Crippen LogP) is -7.80. The van der Waals surface area contributed by atoms with Crippen LogP contribution in [-0.2, 0) is 23.0 Å². The Kier molecular flexibility index (Phi) is 6.82. The van der Waals surface area contributed by atoms with Gasteiger partial charge in [-0.3, -0.25) is 0 Å². The summed E-state index contributed by atoms with van der Waals surface area (Å²) in [4.78, 5) is 51.4. The summed E-state index contributed by atoms with van der Waals surface area (Å²) >= 11 is 0. The lowest BCUT2D eigenvalue weighted by Crippen LogP contribution is -2.71. The predicted molar refractivity (Wildman–Crippen MR) is 50.2 cm³/mol. The summed E-state index contributed by atoms with van der Waals surface area (Å²) in [6.45, 7) is -3.82. The molecule has 4 N–H and O–H groups in total. The van der Waals surface area contributed by atoms with E-state index in [2.05, 4.69) is 9.05 Å². The molecule has 0 aliphatic carbocycles. The van der Waals surface area contributed by atoms with Crippen LogP contribution in [0.1, 0.15) is 0 Å². The molecule has 22 heavy (non-hydrogen) atoms. The fourth-order valence-electron chi connectivity index (χ4n) is 1.04. The second-order valence-corrected chi connectivity index (χ2v) is 6.16. The highest BCUT2D eigenvalue weighted by atomic mass is 31.2. The Labute approximate surface area is 121 Å². The van der Waals surface area contributed by atoms with E-state index in [1.807, 2.05) is 0 Å². The Bertz CT molecular complexity index is 490. The number of rotatable bonds is 9. The molecule has 0 fully saturated rings. The molecule has 0 aromatic carbocycles. The van der Waals surface area contributed by atoms with E-state index in [1.54, 1.807) is 0 Å². The van der Waals surface area contributed by atoms with Gasteiger partial charge in [-0.1, -0.05) is 0 Å². The van der Waals surface area contributed by atoms with E-state index in [0.717, 1.165) is 0 Å². The number of carboxylic acids is 1. The smallest absolute Gasteiger partial charge is 0.229 e. The van der Waals surface area contributed by atoms with E-state index in [4.69, 9.17) is 0 Å². The molecule has 0 aliphatic rings. The van der Waals surface area contributed by atoms with Gasteiger partial charge >= 0.3 is 0 Å². The number of aliphatic carboxylic acids is 1. The Morgan fingerprint density at radius 1 is 1.05 bits per heavy atom. The number of phosphoric ester groups is 2. The molecule has 0 radical (unpaired) electrons. The lowest BCUT2D eigenvalue weighted by atomic mass is 9.89. The van der Waals surface area contributed by atoms with E-state index in [0.29, 0.717) is 0 Å². The second kappa shape index (κ2) is 6.97. The minimum absolute atomic E-state index is 1.72. The third-order valence-corrected chi connectivity index (χ3v) is 3.14. The molecule has 14 nitrogen and oxygen atoms in total. The van der Waals surface area contributed by atoms with Crippen LogP contribution in [0.4, 0.5) is 0 Å². The van der Waals surface area contributed by atoms with Crippen LogP contribution in [0.2, 0.25) is 0 Å². The SMILES string of the molecule is O=C([O-])C(O)(COP(=O)([O-])[O-])C(O)(O)C(O)COP(=O)([O-])[O-]. The van der Waals surface area contributed by atoms with Gasteiger partial charge in [0.1, 0.15) is 6.10 Å². The summed E-state index contributed by atoms with van der Waals surface area (Å²) < 4.78 is 27.1. The number of aliphatic hydroxyl groups is 4. The molecule has 0 rings (SSSR count). The summed E-state index contributed by atoms with van der Waals surface area (Å²) in [6.07, 6.45) is -2.96. The van der Waals surface area contributed by atoms with Crippen molar-refractivity contribution in [2.45, 2.75) is 17.5 Å². The summed E-state index contributed by atoms with van der Waals surface area (Å²) in [6, 6.07) is 0. The van der Waals surface area contributed by atoms with Gasteiger partial charge in [0.25, 0.3) is 0 Å². The van der Waals surface area contributed by atoms with Crippen LogP contribution in [0.3, 0.4) is 0 Å². The highest BCUT2D eigenvalue weighted by molar-refractivity contribution is 7.43. The first-order valence-corrected chi connectivity index (χ1v) is 7.85. The molecule has 2 unspecified atom stereocenters. The summed E-state index contributed by atoms with van der Waals surface area (Å²) in [5.74, 6) is -7.03. The first-order valence-electron chi connectivity index (χ1n) is 4.93. The normalized spacial score (nSPS) is 17.8. The van der Waals surface area contributed by atoms with E-state index in [9.17, 15) is 59.0 Å². The molecule has 0 aliphatic heterocycles. The monoisotopic (exact) mass is 367 g/mol. The maximum Gasteiger partial charge on any atom is 0.229 e. The van der Waals surface area contributed by atoms with Crippen molar-refractivity contribution in [3.05, 3.63) is 0 Å². The van der Waals surface area contributed by atoms with Crippen molar-refractivity contribution >= 4 is 21.6 Å². The van der Waals surface area contributed by atoms with Gasteiger partial charge in [0.15, 0.2) is 5.60 Å². The molecule has 0 saturated carbocycles. The van der Waals surface area contributed by atoms with Crippen molar-refractivity contribution in [3.8, 4) is 0 Å². The van der Waals surface area contributed by atoms with E-state index in [-0.39, 0.29) is 0 Å². The maximum atomic E-state index is 10.7. The van der Waals surface area contributed by atoms with Crippen molar-refractivity contribution in [1.29, 1.82) is 0 Å². The van der Waals surface area contributed by atoms with Crippen LogP contribution < -0.4 is 24.7 Å². The van der Waals surface area contributed by atoms with Gasteiger partial charge in [-0.15, -0.1) is 0 Å². The minimum Gasteiger partial charge on any atom is -0.790 e. The molecule has 0 saturated heterocycles. The lowest BCUT2D eigenvalue weighted by Gasteiger charge is -2.44. The van der Waals surface area contributed by atoms with Gasteiger partial charge in [-0.2, -0.15) is 0 Å². The molecule has 0 bridgehead atoms. The molecule has 0 aromatic heterocycles. The molecule has 0 amide bonds. The molecule has 2 atom stereocenters. The Hall–Kier alpha value is -0.470. The van der Waals surface area contributed by atoms with Crippen LogP contribution in [0.25, 0.3) is 0 Å². The van der Waals surface area contributed by atoms with E-state index in [1.165, 1.54) is 0 Å². The molecule has 132 valence electrons. The van der Waals surface area contributed by atoms with Crippen LogP contribution >= 0.6 is 15.6 Å². The topological polar surface area (TPSA) is 266 Å². The van der Waals surface area contributed by atoms with Crippen molar-refractivity contribution < 1.29 is 68.1 Å². The second-order valence-electron chi connectivity index (χ2n) is 3.85. The van der Waals surface area contributed by atoms with E-state index >= 15 is 0 Å². The Morgan fingerprint density at radius 3 is 1.77 bits per heavy atom. The quantitative estimate of drug-likeness (QED) is 0.218. The standard InChI is InChI=1S/C6H14O14P2/c7-3(1-19-21(13,14)15)6(11,12)5(10,4(8)9)2-20-22(16,17)18/h3,7,10-12H,1-2H2,(H,8,9)(H2,13,14,15)(H2,16,17,18)/p-5. The van der Waals surface area contributed by atoms with Gasteiger partial charge in [0.05, 0.1) is 34.8 Å². The Morgan fingerprint density at radius 2 is 1.45 bits per heavy atom. The van der Waals surface area contributed by atoms with Crippen LogP contribution in [-0.4, -0.2) is 57.1 Å². The number of hydrogen-bond acceptors (Lipinski definition) is 14. The molecule has 0 heterocycles. The number of carbonyl (C=O) groups excluding carboxylic acids is 1. The molecule has 16 heteroatoms. The summed E-state index contributed by atoms with van der Waals surface area (Å²) in [5.41, 5.74) is -4.10. The highest BCUT2D eigenvalue weighted by Gasteiger charge is 2.55. The highest BCUT2D eigenvalue weighted by Crippen LogP contribution is 2.33. The van der Waals surface area contributed by atoms with Gasteiger partial charge in [0, 0.05) is 0 Å². The zero-order chi connectivity index (χ0) is 18.0. The number of carboxylic acid groups (broad SMARTS) is 1. The van der Waals surface area contributed by atoms with E-state index < -0.39 is 52.3 Å². The van der Waals surface area contributed by atoms with Crippen molar-refractivity contribution in [2.24, 2.45) is 0 Å². The first kappa shape index (κ1) is 21.5. The third kappa shape index (κ3) is 5.96. The minimum atomic E-state index is -5.87. The van der Waals surface area contributed by atoms with Gasteiger partial charge in [-0.25, -0.2) is 0 Å². The number of hydrogen-bond donors (Lipinski definition) is 4. The van der Waals surface area contributed by atoms with Crippen molar-refractivity contribution in [1.82, 2.24) is 0 Å². The summed E-state index contributed by atoms with van der Waals surface area (Å²) in [5, 5.41) is 48.1. The average Bonchev–Trinajstić information content (AvgIpc) is 2.30. The zero-order valence-electron chi connectivity index (χ0n) is 10.3. The largest absolute Gasteiger partial charge is 0.790 e. The molecular formula is C6H9O14P2-5. The molecule has 0 aromatic rings. The zero-order valence-corrected chi connectivity index (χ0v) is 12.0. The van der Waals surface area contributed by atoms with Crippen molar-refractivity contribution in [3.63, 3.8) is 0 Å². The van der Waals surface area contributed by atoms with Gasteiger partial charge < -0.3 is 68.1 Å². The molecule has 0 spiro atoms. The van der Waals surface area contributed by atoms with Gasteiger partial charge in [0.2, 0.25) is 5.79 Å². The fourth-order valence-corrected chi connectivity index (χ4v) is 1.71. The Balaban J connectivity index is 5.31. The summed E-state index contributed by atoms with van der Waals surface area (Å²) in [7, 11) is -11.6. The average molecular weight is 367 g/mol. The fraction of sp³-hybridized carbons (Fsp3) is 0.833. The third-order valence-electron chi connectivity index (χ3n) is 2.23. The van der Waals surface area contributed by atoms with Crippen LogP contribution in [0.5, 0.6) is 0 Å². The number of phosphoric acid groups is 2.